The van der Waals surface area contributed by atoms with Crippen molar-refractivity contribution in [2.75, 3.05) is 16.6 Å². The molecule has 9 heteroatoms. The van der Waals surface area contributed by atoms with E-state index in [1.165, 1.54) is 23.7 Å². The van der Waals surface area contributed by atoms with Crippen LogP contribution in [0.3, 0.4) is 0 Å². The number of aryl methyl sites for hydroxylation is 1. The van der Waals surface area contributed by atoms with Gasteiger partial charge in [0.15, 0.2) is 0 Å². The number of anilines is 2. The van der Waals surface area contributed by atoms with Crippen LogP contribution in [0.1, 0.15) is 11.9 Å². The smallest absolute Gasteiger partial charge is 0.267 e. The summed E-state index contributed by atoms with van der Waals surface area (Å²) < 4.78 is 26.9. The SMILES string of the molecule is CCNc1ccncc1S(=O)(=O)Nc1nnc(C)s1. The third-order valence-electron chi connectivity index (χ3n) is 2.19. The molecule has 0 aromatic carbocycles. The first-order valence-corrected chi connectivity index (χ1v) is 7.83. The van der Waals surface area contributed by atoms with Gasteiger partial charge in [-0.25, -0.2) is 8.42 Å². The molecule has 0 saturated heterocycles. The third kappa shape index (κ3) is 3.18. The van der Waals surface area contributed by atoms with Crippen molar-refractivity contribution >= 4 is 32.2 Å². The maximum Gasteiger partial charge on any atom is 0.267 e. The van der Waals surface area contributed by atoms with Crippen LogP contribution in [0.25, 0.3) is 0 Å². The van der Waals surface area contributed by atoms with Crippen molar-refractivity contribution in [2.45, 2.75) is 18.7 Å². The maximum atomic E-state index is 12.3. The Kier molecular flexibility index (Phi) is 3.96. The van der Waals surface area contributed by atoms with E-state index in [4.69, 9.17) is 0 Å². The topological polar surface area (TPSA) is 96.9 Å². The Morgan fingerprint density at radius 3 is 2.79 bits per heavy atom. The van der Waals surface area contributed by atoms with Crippen LogP contribution in [-0.2, 0) is 10.0 Å². The van der Waals surface area contributed by atoms with E-state index in [1.807, 2.05) is 6.92 Å². The number of hydrogen-bond acceptors (Lipinski definition) is 7. The molecule has 0 fully saturated rings. The van der Waals surface area contributed by atoms with Gasteiger partial charge >= 0.3 is 0 Å². The highest BCUT2D eigenvalue weighted by Crippen LogP contribution is 2.23. The molecule has 0 bridgehead atoms. The van der Waals surface area contributed by atoms with Crippen LogP contribution in [-0.4, -0.2) is 30.1 Å². The van der Waals surface area contributed by atoms with Crippen molar-refractivity contribution in [2.24, 2.45) is 0 Å². The molecule has 0 radical (unpaired) electrons. The molecule has 2 N–H and O–H groups in total. The van der Waals surface area contributed by atoms with E-state index >= 15 is 0 Å². The Morgan fingerprint density at radius 2 is 2.16 bits per heavy atom. The lowest BCUT2D eigenvalue weighted by Gasteiger charge is -2.10. The van der Waals surface area contributed by atoms with Gasteiger partial charge in [-0.3, -0.25) is 9.71 Å². The van der Waals surface area contributed by atoms with E-state index in [-0.39, 0.29) is 10.0 Å². The minimum atomic E-state index is -3.72. The van der Waals surface area contributed by atoms with Crippen molar-refractivity contribution in [3.63, 3.8) is 0 Å². The molecule has 0 saturated carbocycles. The zero-order chi connectivity index (χ0) is 13.9. The van der Waals surface area contributed by atoms with E-state index < -0.39 is 10.0 Å². The monoisotopic (exact) mass is 299 g/mol. The highest BCUT2D eigenvalue weighted by Gasteiger charge is 2.20. The van der Waals surface area contributed by atoms with Crippen molar-refractivity contribution in [1.29, 1.82) is 0 Å². The highest BCUT2D eigenvalue weighted by atomic mass is 32.2. The summed E-state index contributed by atoms with van der Waals surface area (Å²) in [6, 6.07) is 1.61. The lowest BCUT2D eigenvalue weighted by atomic mass is 10.4. The van der Waals surface area contributed by atoms with Crippen molar-refractivity contribution in [3.8, 4) is 0 Å². The van der Waals surface area contributed by atoms with Gasteiger partial charge in [0.2, 0.25) is 5.13 Å². The second-order valence-corrected chi connectivity index (χ2v) is 6.47. The number of aromatic nitrogens is 3. The minimum absolute atomic E-state index is 0.0877. The Labute approximate surface area is 115 Å². The normalized spacial score (nSPS) is 11.3. The molecule has 2 aromatic rings. The van der Waals surface area contributed by atoms with Gasteiger partial charge in [-0.15, -0.1) is 10.2 Å². The molecule has 0 aliphatic heterocycles. The molecule has 0 aliphatic carbocycles. The quantitative estimate of drug-likeness (QED) is 0.868. The summed E-state index contributed by atoms with van der Waals surface area (Å²) in [4.78, 5) is 3.94. The van der Waals surface area contributed by atoms with Crippen molar-refractivity contribution in [3.05, 3.63) is 23.5 Å². The Morgan fingerprint density at radius 1 is 1.37 bits per heavy atom. The largest absolute Gasteiger partial charge is 0.384 e. The predicted octanol–water partition coefficient (Wildman–Crippen LogP) is 1.47. The van der Waals surface area contributed by atoms with E-state index in [9.17, 15) is 8.42 Å². The molecule has 2 rings (SSSR count). The zero-order valence-electron chi connectivity index (χ0n) is 10.4. The number of hydrogen-bond donors (Lipinski definition) is 2. The van der Waals surface area contributed by atoms with E-state index in [0.29, 0.717) is 17.2 Å². The fourth-order valence-electron chi connectivity index (χ4n) is 1.44. The van der Waals surface area contributed by atoms with Gasteiger partial charge in [0.05, 0.1) is 5.69 Å². The van der Waals surface area contributed by atoms with Gasteiger partial charge < -0.3 is 5.32 Å². The Bertz CT molecular complexity index is 668. The van der Waals surface area contributed by atoms with Crippen LogP contribution in [0.5, 0.6) is 0 Å². The number of nitrogens with zero attached hydrogens (tertiary/aromatic N) is 3. The molecule has 102 valence electrons. The molecule has 0 unspecified atom stereocenters. The molecular formula is C10H13N5O2S2. The summed E-state index contributed by atoms with van der Waals surface area (Å²) in [6.45, 7) is 4.26. The molecular weight excluding hydrogens is 286 g/mol. The second-order valence-electron chi connectivity index (χ2n) is 3.63. The summed E-state index contributed by atoms with van der Waals surface area (Å²) in [5.74, 6) is 0. The molecule has 2 aromatic heterocycles. The lowest BCUT2D eigenvalue weighted by Crippen LogP contribution is -2.15. The molecule has 0 spiro atoms. The number of sulfonamides is 1. The Balaban J connectivity index is 2.34. The maximum absolute atomic E-state index is 12.3. The molecule has 7 nitrogen and oxygen atoms in total. The lowest BCUT2D eigenvalue weighted by molar-refractivity contribution is 0.601. The zero-order valence-corrected chi connectivity index (χ0v) is 12.0. The van der Waals surface area contributed by atoms with Gasteiger partial charge in [0.1, 0.15) is 9.90 Å². The van der Waals surface area contributed by atoms with E-state index in [2.05, 4.69) is 25.2 Å². The molecule has 0 aliphatic rings. The van der Waals surface area contributed by atoms with Gasteiger partial charge in [-0.1, -0.05) is 11.3 Å². The molecule has 19 heavy (non-hydrogen) atoms. The molecule has 0 amide bonds. The van der Waals surface area contributed by atoms with Gasteiger partial charge in [0, 0.05) is 18.9 Å². The van der Waals surface area contributed by atoms with Crippen LogP contribution >= 0.6 is 11.3 Å². The average Bonchev–Trinajstić information content (AvgIpc) is 2.75. The van der Waals surface area contributed by atoms with E-state index in [0.717, 1.165) is 0 Å². The van der Waals surface area contributed by atoms with Crippen LogP contribution in [0.15, 0.2) is 23.4 Å². The summed E-state index contributed by atoms with van der Waals surface area (Å²) in [7, 11) is -3.72. The fourth-order valence-corrected chi connectivity index (χ4v) is 3.39. The number of rotatable bonds is 5. The summed E-state index contributed by atoms with van der Waals surface area (Å²) >= 11 is 1.18. The van der Waals surface area contributed by atoms with Crippen molar-refractivity contribution < 1.29 is 8.42 Å². The van der Waals surface area contributed by atoms with E-state index in [1.54, 1.807) is 13.0 Å². The first kappa shape index (κ1) is 13.7. The first-order valence-electron chi connectivity index (χ1n) is 5.53. The number of nitrogens with one attached hydrogen (secondary N) is 2. The standard InChI is InChI=1S/C10H13N5O2S2/c1-3-12-8-4-5-11-6-9(8)19(16,17)15-10-14-13-7(2)18-10/h4-6H,3H2,1-2H3,(H,11,12)(H,14,15). The van der Waals surface area contributed by atoms with Gasteiger partial charge in [0.25, 0.3) is 10.0 Å². The minimum Gasteiger partial charge on any atom is -0.384 e. The van der Waals surface area contributed by atoms with Crippen molar-refractivity contribution in [1.82, 2.24) is 15.2 Å². The van der Waals surface area contributed by atoms with Gasteiger partial charge in [-0.2, -0.15) is 0 Å². The molecule has 0 atom stereocenters. The predicted molar refractivity (Wildman–Crippen MR) is 73.9 cm³/mol. The fraction of sp³-hybridized carbons (Fsp3) is 0.300. The summed E-state index contributed by atoms with van der Waals surface area (Å²) in [5, 5.41) is 11.4. The average molecular weight is 299 g/mol. The van der Waals surface area contributed by atoms with Gasteiger partial charge in [-0.05, 0) is 19.9 Å². The third-order valence-corrected chi connectivity index (χ3v) is 4.44. The highest BCUT2D eigenvalue weighted by molar-refractivity contribution is 7.93. The van der Waals surface area contributed by atoms with Crippen LogP contribution in [0, 0.1) is 6.92 Å². The summed E-state index contributed by atoms with van der Waals surface area (Å²) in [6.07, 6.45) is 2.83. The first-order chi connectivity index (χ1) is 9.03. The molecule has 2 heterocycles. The number of pyridine rings is 1. The van der Waals surface area contributed by atoms with Crippen LogP contribution < -0.4 is 10.0 Å². The summed E-state index contributed by atoms with van der Waals surface area (Å²) in [5.41, 5.74) is 0.506. The second kappa shape index (κ2) is 5.49. The Hall–Kier alpha value is -1.74. The van der Waals surface area contributed by atoms with Crippen LogP contribution in [0.4, 0.5) is 10.8 Å². The van der Waals surface area contributed by atoms with Crippen LogP contribution in [0.2, 0.25) is 0 Å².